The topological polar surface area (TPSA) is 75.4 Å². The predicted octanol–water partition coefficient (Wildman–Crippen LogP) is 0.832. The highest BCUT2D eigenvalue weighted by molar-refractivity contribution is 7.89. The average molecular weight is 331 g/mol. The van der Waals surface area contributed by atoms with Gasteiger partial charge in [-0.3, -0.25) is 0 Å². The van der Waals surface area contributed by atoms with E-state index in [1.54, 1.807) is 0 Å². The minimum atomic E-state index is -3.87. The lowest BCUT2D eigenvalue weighted by molar-refractivity contribution is 0.242. The third kappa shape index (κ3) is 3.76. The van der Waals surface area contributed by atoms with Crippen LogP contribution < -0.4 is 10.5 Å². The Kier molecular flexibility index (Phi) is 4.92. The van der Waals surface area contributed by atoms with Gasteiger partial charge in [-0.15, -0.1) is 0 Å². The van der Waals surface area contributed by atoms with Crippen LogP contribution in [0.15, 0.2) is 23.1 Å². The molecule has 0 amide bonds. The van der Waals surface area contributed by atoms with Crippen LogP contribution >= 0.6 is 12.2 Å². The Hall–Kier alpha value is -1.09. The number of hydrogen-bond donors (Lipinski definition) is 2. The molecule has 2 rings (SSSR count). The Labute approximate surface area is 129 Å². The highest BCUT2D eigenvalue weighted by Crippen LogP contribution is 2.20. The molecule has 1 aliphatic rings. The van der Waals surface area contributed by atoms with Gasteiger partial charge in [0, 0.05) is 12.6 Å². The molecule has 1 aromatic rings. The summed E-state index contributed by atoms with van der Waals surface area (Å²) in [5.74, 6) is -0.730. The first kappa shape index (κ1) is 16.3. The maximum Gasteiger partial charge on any atom is 0.241 e. The quantitative estimate of drug-likeness (QED) is 0.800. The molecule has 8 heteroatoms. The second-order valence-corrected chi connectivity index (χ2v) is 7.32. The van der Waals surface area contributed by atoms with Crippen LogP contribution in [-0.2, 0) is 10.0 Å². The molecular weight excluding hydrogens is 313 g/mol. The molecule has 0 bridgehead atoms. The minimum Gasteiger partial charge on any atom is -0.389 e. The van der Waals surface area contributed by atoms with E-state index in [9.17, 15) is 12.8 Å². The van der Waals surface area contributed by atoms with E-state index in [0.29, 0.717) is 6.54 Å². The van der Waals surface area contributed by atoms with Gasteiger partial charge >= 0.3 is 0 Å². The Balaban J connectivity index is 2.32. The van der Waals surface area contributed by atoms with E-state index in [-0.39, 0.29) is 21.5 Å². The molecule has 21 heavy (non-hydrogen) atoms. The average Bonchev–Trinajstić information content (AvgIpc) is 2.37. The van der Waals surface area contributed by atoms with Crippen molar-refractivity contribution in [2.24, 2.45) is 5.73 Å². The number of benzene rings is 1. The van der Waals surface area contributed by atoms with Gasteiger partial charge in [0.25, 0.3) is 0 Å². The number of nitrogens with two attached hydrogens (primary N) is 1. The zero-order chi connectivity index (χ0) is 15.6. The van der Waals surface area contributed by atoms with Crippen molar-refractivity contribution < 1.29 is 12.8 Å². The van der Waals surface area contributed by atoms with Crippen LogP contribution in [0, 0.1) is 5.82 Å². The van der Waals surface area contributed by atoms with E-state index in [1.165, 1.54) is 12.1 Å². The van der Waals surface area contributed by atoms with Gasteiger partial charge < -0.3 is 10.6 Å². The molecule has 0 radical (unpaired) electrons. The summed E-state index contributed by atoms with van der Waals surface area (Å²) < 4.78 is 41.4. The van der Waals surface area contributed by atoms with Gasteiger partial charge in [0.1, 0.15) is 10.8 Å². The fraction of sp³-hybridized carbons (Fsp3) is 0.462. The van der Waals surface area contributed by atoms with Crippen LogP contribution in [0.3, 0.4) is 0 Å². The standard InChI is InChI=1S/C13H18FN3O2S2/c1-17-7-3-4-9(8-17)16-21(18,19)11-6-2-5-10(14)12(11)13(15)20/h2,5-6,9,16H,3-4,7-8H2,1H3,(H2,15,20). The number of halogens is 1. The van der Waals surface area contributed by atoms with E-state index in [4.69, 9.17) is 18.0 Å². The number of likely N-dealkylation sites (N-methyl/N-ethyl adjacent to an activating group) is 1. The first-order valence-electron chi connectivity index (χ1n) is 6.60. The second-order valence-electron chi connectivity index (χ2n) is 5.20. The number of thiocarbonyl (C=S) groups is 1. The fourth-order valence-corrected chi connectivity index (χ4v) is 4.28. The summed E-state index contributed by atoms with van der Waals surface area (Å²) >= 11 is 4.77. The molecule has 1 heterocycles. The van der Waals surface area contributed by atoms with Gasteiger partial charge in [-0.25, -0.2) is 17.5 Å². The molecule has 1 atom stereocenters. The number of likely N-dealkylation sites (tertiary alicyclic amines) is 1. The third-order valence-electron chi connectivity index (χ3n) is 3.46. The zero-order valence-corrected chi connectivity index (χ0v) is 13.3. The van der Waals surface area contributed by atoms with Crippen LogP contribution in [0.5, 0.6) is 0 Å². The molecular formula is C13H18FN3O2S2. The van der Waals surface area contributed by atoms with Gasteiger partial charge in [0.15, 0.2) is 0 Å². The molecule has 1 fully saturated rings. The molecule has 1 aliphatic heterocycles. The van der Waals surface area contributed by atoms with Crippen LogP contribution in [-0.4, -0.2) is 44.5 Å². The molecule has 1 saturated heterocycles. The normalized spacial score (nSPS) is 20.4. The maximum absolute atomic E-state index is 13.8. The van der Waals surface area contributed by atoms with Gasteiger partial charge in [-0.1, -0.05) is 18.3 Å². The number of hydrogen-bond acceptors (Lipinski definition) is 4. The van der Waals surface area contributed by atoms with Crippen molar-refractivity contribution in [1.29, 1.82) is 0 Å². The lowest BCUT2D eigenvalue weighted by Crippen LogP contribution is -2.46. The third-order valence-corrected chi connectivity index (χ3v) is 5.22. The smallest absolute Gasteiger partial charge is 0.241 e. The Morgan fingerprint density at radius 2 is 2.24 bits per heavy atom. The van der Waals surface area contributed by atoms with E-state index >= 15 is 0 Å². The summed E-state index contributed by atoms with van der Waals surface area (Å²) in [6, 6.07) is 3.59. The van der Waals surface area contributed by atoms with Gasteiger partial charge in [0.05, 0.1) is 10.5 Å². The van der Waals surface area contributed by atoms with E-state index in [0.717, 1.165) is 25.5 Å². The Bertz CT molecular complexity index is 649. The Morgan fingerprint density at radius 1 is 1.52 bits per heavy atom. The first-order valence-corrected chi connectivity index (χ1v) is 8.49. The van der Waals surface area contributed by atoms with Gasteiger partial charge in [0.2, 0.25) is 10.0 Å². The largest absolute Gasteiger partial charge is 0.389 e. The molecule has 0 aromatic heterocycles. The van der Waals surface area contributed by atoms with Crippen LogP contribution in [0.2, 0.25) is 0 Å². The van der Waals surface area contributed by atoms with Crippen LogP contribution in [0.1, 0.15) is 18.4 Å². The number of nitrogens with zero attached hydrogens (tertiary/aromatic N) is 1. The van der Waals surface area contributed by atoms with Crippen molar-refractivity contribution in [2.45, 2.75) is 23.8 Å². The molecule has 0 aliphatic carbocycles. The van der Waals surface area contributed by atoms with Crippen molar-refractivity contribution in [2.75, 3.05) is 20.1 Å². The van der Waals surface area contributed by atoms with Crippen molar-refractivity contribution in [3.8, 4) is 0 Å². The van der Waals surface area contributed by atoms with E-state index < -0.39 is 15.8 Å². The van der Waals surface area contributed by atoms with Gasteiger partial charge in [-0.05, 0) is 38.6 Å². The lowest BCUT2D eigenvalue weighted by Gasteiger charge is -2.30. The van der Waals surface area contributed by atoms with E-state index in [1.807, 2.05) is 7.05 Å². The summed E-state index contributed by atoms with van der Waals surface area (Å²) in [4.78, 5) is 1.58. The minimum absolute atomic E-state index is 0.198. The van der Waals surface area contributed by atoms with Crippen molar-refractivity contribution in [3.05, 3.63) is 29.6 Å². The molecule has 1 unspecified atom stereocenters. The summed E-state index contributed by atoms with van der Waals surface area (Å²) in [7, 11) is -1.93. The number of sulfonamides is 1. The van der Waals surface area contributed by atoms with E-state index in [2.05, 4.69) is 9.62 Å². The summed E-state index contributed by atoms with van der Waals surface area (Å²) in [5, 5.41) is 0. The predicted molar refractivity (Wildman–Crippen MR) is 83.1 cm³/mol. The SMILES string of the molecule is CN1CCCC(NS(=O)(=O)c2cccc(F)c2C(N)=S)C1. The molecule has 0 saturated carbocycles. The highest BCUT2D eigenvalue weighted by Gasteiger charge is 2.27. The summed E-state index contributed by atoms with van der Waals surface area (Å²) in [5.41, 5.74) is 5.23. The van der Waals surface area contributed by atoms with Crippen LogP contribution in [0.25, 0.3) is 0 Å². The van der Waals surface area contributed by atoms with Crippen molar-refractivity contribution in [1.82, 2.24) is 9.62 Å². The zero-order valence-electron chi connectivity index (χ0n) is 11.7. The van der Waals surface area contributed by atoms with Crippen molar-refractivity contribution >= 4 is 27.2 Å². The lowest BCUT2D eigenvalue weighted by atomic mass is 10.1. The number of rotatable bonds is 4. The molecule has 0 spiro atoms. The molecule has 3 N–H and O–H groups in total. The molecule has 116 valence electrons. The summed E-state index contributed by atoms with van der Waals surface area (Å²) in [6.45, 7) is 1.56. The second kappa shape index (κ2) is 6.35. The Morgan fingerprint density at radius 3 is 2.86 bits per heavy atom. The maximum atomic E-state index is 13.8. The van der Waals surface area contributed by atoms with Crippen molar-refractivity contribution in [3.63, 3.8) is 0 Å². The fourth-order valence-electron chi connectivity index (χ4n) is 2.51. The monoisotopic (exact) mass is 331 g/mol. The number of piperidine rings is 1. The highest BCUT2D eigenvalue weighted by atomic mass is 32.2. The molecule has 5 nitrogen and oxygen atoms in total. The van der Waals surface area contributed by atoms with Gasteiger partial charge in [-0.2, -0.15) is 0 Å². The van der Waals surface area contributed by atoms with Crippen LogP contribution in [0.4, 0.5) is 4.39 Å². The first-order chi connectivity index (χ1) is 9.81. The summed E-state index contributed by atoms with van der Waals surface area (Å²) in [6.07, 6.45) is 1.66. The number of nitrogens with one attached hydrogen (secondary N) is 1. The molecule has 1 aromatic carbocycles.